The predicted molar refractivity (Wildman–Crippen MR) is 79.6 cm³/mol. The van der Waals surface area contributed by atoms with Crippen LogP contribution in [-0.4, -0.2) is 32.7 Å². The van der Waals surface area contributed by atoms with Gasteiger partial charge in [0.1, 0.15) is 6.42 Å². The second-order valence-electron chi connectivity index (χ2n) is 4.30. The Labute approximate surface area is 128 Å². The molecule has 0 unspecified atom stereocenters. The van der Waals surface area contributed by atoms with Crippen molar-refractivity contribution in [1.82, 2.24) is 19.6 Å². The maximum atomic E-state index is 11.3. The highest BCUT2D eigenvalue weighted by Crippen LogP contribution is 2.27. The van der Waals surface area contributed by atoms with Crippen molar-refractivity contribution in [3.05, 3.63) is 46.8 Å². The summed E-state index contributed by atoms with van der Waals surface area (Å²) in [4.78, 5) is 19.7. The van der Waals surface area contributed by atoms with Crippen molar-refractivity contribution in [2.75, 3.05) is 7.11 Å². The largest absolute Gasteiger partial charge is 0.469 e. The molecule has 0 N–H and O–H groups in total. The quantitative estimate of drug-likeness (QED) is 0.680. The number of esters is 1. The molecule has 0 saturated heterocycles. The molecular formula is C14H11BrN4O2. The number of fused-ring (bicyclic) bond motifs is 1. The van der Waals surface area contributed by atoms with Crippen molar-refractivity contribution in [2.45, 2.75) is 6.42 Å². The van der Waals surface area contributed by atoms with Gasteiger partial charge in [0.25, 0.3) is 5.78 Å². The summed E-state index contributed by atoms with van der Waals surface area (Å²) in [6.45, 7) is 0. The van der Waals surface area contributed by atoms with Gasteiger partial charge >= 0.3 is 5.97 Å². The third kappa shape index (κ3) is 2.64. The number of hydrogen-bond donors (Lipinski definition) is 0. The lowest BCUT2D eigenvalue weighted by Gasteiger charge is -2.05. The van der Waals surface area contributed by atoms with Crippen molar-refractivity contribution in [3.63, 3.8) is 0 Å². The van der Waals surface area contributed by atoms with Crippen LogP contribution in [0.4, 0.5) is 0 Å². The van der Waals surface area contributed by atoms with Gasteiger partial charge in [-0.2, -0.15) is 9.50 Å². The molecule has 21 heavy (non-hydrogen) atoms. The Hall–Kier alpha value is -2.28. The number of carbonyl (C=O) groups excluding carboxylic acids is 1. The summed E-state index contributed by atoms with van der Waals surface area (Å²) in [6.07, 6.45) is 1.69. The summed E-state index contributed by atoms with van der Waals surface area (Å²) >= 11 is 3.52. The molecule has 0 saturated carbocycles. The Balaban J connectivity index is 2.12. The van der Waals surface area contributed by atoms with Crippen LogP contribution < -0.4 is 0 Å². The molecule has 0 spiro atoms. The lowest BCUT2D eigenvalue weighted by Crippen LogP contribution is -2.06. The number of methoxy groups -OCH3 is 1. The third-order valence-electron chi connectivity index (χ3n) is 2.96. The number of aromatic nitrogens is 4. The Morgan fingerprint density at radius 3 is 2.90 bits per heavy atom. The number of carbonyl (C=O) groups is 1. The minimum atomic E-state index is -0.381. The molecule has 0 atom stereocenters. The van der Waals surface area contributed by atoms with E-state index >= 15 is 0 Å². The van der Waals surface area contributed by atoms with Crippen LogP contribution in [-0.2, 0) is 16.0 Å². The molecule has 0 radical (unpaired) electrons. The maximum absolute atomic E-state index is 11.3. The van der Waals surface area contributed by atoms with E-state index in [0.717, 1.165) is 15.7 Å². The minimum absolute atomic E-state index is 0.0231. The van der Waals surface area contributed by atoms with Crippen LogP contribution in [0.1, 0.15) is 5.82 Å². The Bertz CT molecular complexity index is 816. The van der Waals surface area contributed by atoms with Crippen molar-refractivity contribution >= 4 is 27.7 Å². The van der Waals surface area contributed by atoms with Crippen molar-refractivity contribution in [3.8, 4) is 11.3 Å². The molecule has 0 aliphatic rings. The van der Waals surface area contributed by atoms with E-state index in [-0.39, 0.29) is 12.4 Å². The summed E-state index contributed by atoms with van der Waals surface area (Å²) in [5.41, 5.74) is 1.82. The third-order valence-corrected chi connectivity index (χ3v) is 3.66. The summed E-state index contributed by atoms with van der Waals surface area (Å²) in [6, 6.07) is 9.66. The van der Waals surface area contributed by atoms with E-state index in [1.807, 2.05) is 30.3 Å². The molecule has 0 aliphatic carbocycles. The molecule has 2 heterocycles. The fourth-order valence-electron chi connectivity index (χ4n) is 1.98. The van der Waals surface area contributed by atoms with Gasteiger partial charge in [-0.15, -0.1) is 5.10 Å². The van der Waals surface area contributed by atoms with E-state index in [2.05, 4.69) is 35.7 Å². The molecule has 6 nitrogen and oxygen atoms in total. The number of rotatable bonds is 3. The number of benzene rings is 1. The van der Waals surface area contributed by atoms with Crippen molar-refractivity contribution in [1.29, 1.82) is 0 Å². The first-order valence-corrected chi connectivity index (χ1v) is 7.00. The molecule has 106 valence electrons. The highest BCUT2D eigenvalue weighted by atomic mass is 79.9. The second kappa shape index (κ2) is 5.61. The Morgan fingerprint density at radius 2 is 2.14 bits per heavy atom. The van der Waals surface area contributed by atoms with Gasteiger partial charge in [0, 0.05) is 16.2 Å². The molecule has 1 aromatic carbocycles. The van der Waals surface area contributed by atoms with Gasteiger partial charge in [0.2, 0.25) is 0 Å². The highest BCUT2D eigenvalue weighted by molar-refractivity contribution is 9.10. The van der Waals surface area contributed by atoms with Crippen LogP contribution in [0.15, 0.2) is 41.0 Å². The maximum Gasteiger partial charge on any atom is 0.313 e. The molecule has 0 amide bonds. The highest BCUT2D eigenvalue weighted by Gasteiger charge is 2.14. The second-order valence-corrected chi connectivity index (χ2v) is 5.16. The zero-order chi connectivity index (χ0) is 14.8. The summed E-state index contributed by atoms with van der Waals surface area (Å²) < 4.78 is 7.20. The summed E-state index contributed by atoms with van der Waals surface area (Å²) in [5, 5.41) is 4.34. The molecule has 0 fully saturated rings. The van der Waals surface area contributed by atoms with Gasteiger partial charge in [-0.1, -0.05) is 34.1 Å². The van der Waals surface area contributed by atoms with Crippen molar-refractivity contribution in [2.24, 2.45) is 0 Å². The molecular weight excluding hydrogens is 336 g/mol. The summed E-state index contributed by atoms with van der Waals surface area (Å²) in [7, 11) is 1.34. The zero-order valence-corrected chi connectivity index (χ0v) is 12.7. The average Bonchev–Trinajstić information content (AvgIpc) is 2.90. The van der Waals surface area contributed by atoms with Crippen LogP contribution in [0.5, 0.6) is 0 Å². The van der Waals surface area contributed by atoms with Crippen LogP contribution in [0, 0.1) is 0 Å². The fourth-order valence-corrected chi connectivity index (χ4v) is 2.47. The molecule has 3 aromatic rings. The van der Waals surface area contributed by atoms with Crippen LogP contribution >= 0.6 is 15.9 Å². The Morgan fingerprint density at radius 1 is 1.33 bits per heavy atom. The predicted octanol–water partition coefficient (Wildman–Crippen LogP) is 2.27. The van der Waals surface area contributed by atoms with Gasteiger partial charge in [-0.05, 0) is 12.1 Å². The number of halogens is 1. The van der Waals surface area contributed by atoms with Gasteiger partial charge in [0.05, 0.1) is 12.8 Å². The van der Waals surface area contributed by atoms with E-state index in [1.54, 1.807) is 10.7 Å². The minimum Gasteiger partial charge on any atom is -0.469 e. The molecule has 0 aliphatic heterocycles. The smallest absolute Gasteiger partial charge is 0.313 e. The van der Waals surface area contributed by atoms with Gasteiger partial charge in [0.15, 0.2) is 5.82 Å². The molecule has 7 heteroatoms. The first kappa shape index (κ1) is 13.7. The standard InChI is InChI=1S/C14H11BrN4O2/c1-21-13(20)8-12-17-14-16-7-6-11(19(14)18-12)9-4-2-3-5-10(9)15/h2-7H,8H2,1H3. The van der Waals surface area contributed by atoms with E-state index < -0.39 is 0 Å². The SMILES string of the molecule is COC(=O)Cc1nc2nccc(-c3ccccc3Br)n2n1. The van der Waals surface area contributed by atoms with Crippen LogP contribution in [0.25, 0.3) is 17.0 Å². The lowest BCUT2D eigenvalue weighted by atomic mass is 10.1. The molecule has 0 bridgehead atoms. The normalized spacial score (nSPS) is 10.8. The van der Waals surface area contributed by atoms with Crippen LogP contribution in [0.3, 0.4) is 0 Å². The zero-order valence-electron chi connectivity index (χ0n) is 11.2. The van der Waals surface area contributed by atoms with E-state index in [1.165, 1.54) is 7.11 Å². The Kier molecular flexibility index (Phi) is 3.66. The van der Waals surface area contributed by atoms with Crippen LogP contribution in [0.2, 0.25) is 0 Å². The molecule has 2 aromatic heterocycles. The van der Waals surface area contributed by atoms with E-state index in [4.69, 9.17) is 0 Å². The lowest BCUT2D eigenvalue weighted by molar-refractivity contribution is -0.139. The van der Waals surface area contributed by atoms with E-state index in [9.17, 15) is 4.79 Å². The van der Waals surface area contributed by atoms with Gasteiger partial charge in [-0.25, -0.2) is 4.98 Å². The monoisotopic (exact) mass is 346 g/mol. The van der Waals surface area contributed by atoms with Gasteiger partial charge < -0.3 is 4.74 Å². The fraction of sp³-hybridized carbons (Fsp3) is 0.143. The first-order chi connectivity index (χ1) is 10.2. The van der Waals surface area contributed by atoms with E-state index in [0.29, 0.717) is 11.6 Å². The number of nitrogens with zero attached hydrogens (tertiary/aromatic N) is 4. The first-order valence-electron chi connectivity index (χ1n) is 6.21. The number of ether oxygens (including phenoxy) is 1. The average molecular weight is 347 g/mol. The molecule has 3 rings (SSSR count). The van der Waals surface area contributed by atoms with Crippen molar-refractivity contribution < 1.29 is 9.53 Å². The number of hydrogen-bond acceptors (Lipinski definition) is 5. The van der Waals surface area contributed by atoms with Gasteiger partial charge in [-0.3, -0.25) is 4.79 Å². The summed E-state index contributed by atoms with van der Waals surface area (Å²) in [5.74, 6) is 0.448. The topological polar surface area (TPSA) is 69.4 Å².